The van der Waals surface area contributed by atoms with Gasteiger partial charge in [0, 0.05) is 24.0 Å². The molecule has 0 atom stereocenters. The third-order valence-corrected chi connectivity index (χ3v) is 2.87. The van der Waals surface area contributed by atoms with Gasteiger partial charge in [-0.2, -0.15) is 0 Å². The Balaban J connectivity index is 0.00000106. The number of esters is 1. The number of methoxy groups -OCH3 is 1. The van der Waals surface area contributed by atoms with Crippen LogP contribution in [0.5, 0.6) is 5.88 Å². The number of hydrogen-bond donors (Lipinski definition) is 1. The van der Waals surface area contributed by atoms with Gasteiger partial charge in [-0.3, -0.25) is 0 Å². The van der Waals surface area contributed by atoms with Crippen LogP contribution in [0.4, 0.5) is 0 Å². The van der Waals surface area contributed by atoms with Gasteiger partial charge in [0.05, 0.1) is 13.7 Å². The van der Waals surface area contributed by atoms with E-state index >= 15 is 0 Å². The molecule has 0 aliphatic rings. The van der Waals surface area contributed by atoms with Crippen LogP contribution in [0.15, 0.2) is 24.5 Å². The van der Waals surface area contributed by atoms with Crippen molar-refractivity contribution in [1.82, 2.24) is 9.97 Å². The van der Waals surface area contributed by atoms with Crippen LogP contribution in [0.3, 0.4) is 0 Å². The number of pyridine rings is 1. The standard InChI is InChI=1S/C14H16N2O3.C2H6/c1-4-19-14(17)13-9(2)11(8-16-13)10-5-6-15-12(7-10)18-3;1-2/h5-8,16H,4H2,1-3H3;1-2H3. The zero-order valence-electron chi connectivity index (χ0n) is 13.2. The topological polar surface area (TPSA) is 64.2 Å². The fourth-order valence-electron chi connectivity index (χ4n) is 1.90. The zero-order chi connectivity index (χ0) is 15.8. The number of H-pyrrole nitrogens is 1. The van der Waals surface area contributed by atoms with Crippen LogP contribution in [0.2, 0.25) is 0 Å². The number of nitrogens with one attached hydrogen (secondary N) is 1. The second-order valence-electron chi connectivity index (χ2n) is 4.01. The molecule has 2 aromatic rings. The Bertz CT molecular complexity index is 591. The molecule has 0 amide bonds. The molecule has 2 rings (SSSR count). The highest BCUT2D eigenvalue weighted by Gasteiger charge is 2.16. The molecule has 0 saturated heterocycles. The molecule has 2 aromatic heterocycles. The summed E-state index contributed by atoms with van der Waals surface area (Å²) in [6.07, 6.45) is 3.46. The molecule has 0 saturated carbocycles. The molecule has 0 radical (unpaired) electrons. The molecule has 1 N–H and O–H groups in total. The van der Waals surface area contributed by atoms with Crippen LogP contribution in [-0.4, -0.2) is 29.7 Å². The quantitative estimate of drug-likeness (QED) is 0.874. The first-order valence-electron chi connectivity index (χ1n) is 7.02. The summed E-state index contributed by atoms with van der Waals surface area (Å²) in [7, 11) is 1.57. The molecular formula is C16H22N2O3. The number of aromatic nitrogens is 2. The molecule has 0 unspecified atom stereocenters. The lowest BCUT2D eigenvalue weighted by Gasteiger charge is -2.04. The molecule has 0 bridgehead atoms. The fraction of sp³-hybridized carbons (Fsp3) is 0.375. The molecule has 0 aliphatic carbocycles. The first-order chi connectivity index (χ1) is 10.2. The van der Waals surface area contributed by atoms with Gasteiger partial charge < -0.3 is 14.5 Å². The van der Waals surface area contributed by atoms with Crippen molar-refractivity contribution >= 4 is 5.97 Å². The minimum Gasteiger partial charge on any atom is -0.481 e. The lowest BCUT2D eigenvalue weighted by Crippen LogP contribution is -2.06. The van der Waals surface area contributed by atoms with E-state index in [1.165, 1.54) is 0 Å². The van der Waals surface area contributed by atoms with Gasteiger partial charge in [-0.05, 0) is 31.0 Å². The van der Waals surface area contributed by atoms with Crippen LogP contribution < -0.4 is 4.74 Å². The maximum atomic E-state index is 11.7. The van der Waals surface area contributed by atoms with Gasteiger partial charge >= 0.3 is 5.97 Å². The molecule has 0 aromatic carbocycles. The number of aromatic amines is 1. The van der Waals surface area contributed by atoms with Crippen LogP contribution in [0.25, 0.3) is 11.1 Å². The van der Waals surface area contributed by atoms with E-state index in [4.69, 9.17) is 9.47 Å². The van der Waals surface area contributed by atoms with E-state index in [2.05, 4.69) is 9.97 Å². The smallest absolute Gasteiger partial charge is 0.355 e. The Labute approximate surface area is 125 Å². The van der Waals surface area contributed by atoms with Gasteiger partial charge in [-0.25, -0.2) is 9.78 Å². The average Bonchev–Trinajstić information content (AvgIpc) is 2.91. The van der Waals surface area contributed by atoms with E-state index in [0.29, 0.717) is 18.2 Å². The molecule has 21 heavy (non-hydrogen) atoms. The molecule has 0 spiro atoms. The Hall–Kier alpha value is -2.30. The number of hydrogen-bond acceptors (Lipinski definition) is 4. The van der Waals surface area contributed by atoms with Gasteiger partial charge in [0.15, 0.2) is 0 Å². The summed E-state index contributed by atoms with van der Waals surface area (Å²) < 4.78 is 10.1. The number of nitrogens with zero attached hydrogens (tertiary/aromatic N) is 1. The Morgan fingerprint density at radius 3 is 2.71 bits per heavy atom. The van der Waals surface area contributed by atoms with E-state index < -0.39 is 0 Å². The van der Waals surface area contributed by atoms with Crippen molar-refractivity contribution in [2.24, 2.45) is 0 Å². The van der Waals surface area contributed by atoms with Crippen LogP contribution >= 0.6 is 0 Å². The average molecular weight is 290 g/mol. The summed E-state index contributed by atoms with van der Waals surface area (Å²) in [5.41, 5.74) is 3.21. The highest BCUT2D eigenvalue weighted by atomic mass is 16.5. The third-order valence-electron chi connectivity index (χ3n) is 2.87. The fourth-order valence-corrected chi connectivity index (χ4v) is 1.90. The minimum atomic E-state index is -0.340. The number of carbonyl (C=O) groups excluding carboxylic acids is 1. The molecule has 5 nitrogen and oxygen atoms in total. The summed E-state index contributed by atoms with van der Waals surface area (Å²) in [5, 5.41) is 0. The summed E-state index contributed by atoms with van der Waals surface area (Å²) in [5.74, 6) is 0.197. The first kappa shape index (κ1) is 16.8. The maximum Gasteiger partial charge on any atom is 0.355 e. The van der Waals surface area contributed by atoms with Crippen LogP contribution in [0, 0.1) is 6.92 Å². The third kappa shape index (κ3) is 3.84. The van der Waals surface area contributed by atoms with Crippen molar-refractivity contribution in [2.45, 2.75) is 27.7 Å². The summed E-state index contributed by atoms with van der Waals surface area (Å²) in [6, 6.07) is 3.69. The highest BCUT2D eigenvalue weighted by Crippen LogP contribution is 2.27. The normalized spacial score (nSPS) is 9.57. The predicted molar refractivity (Wildman–Crippen MR) is 82.6 cm³/mol. The number of rotatable bonds is 4. The van der Waals surface area contributed by atoms with Crippen molar-refractivity contribution in [2.75, 3.05) is 13.7 Å². The Kier molecular flexibility index (Phi) is 6.46. The van der Waals surface area contributed by atoms with E-state index in [0.717, 1.165) is 16.7 Å². The van der Waals surface area contributed by atoms with Gasteiger partial charge in [0.25, 0.3) is 0 Å². The second kappa shape index (κ2) is 8.09. The van der Waals surface area contributed by atoms with Crippen molar-refractivity contribution < 1.29 is 14.3 Å². The SMILES string of the molecule is CC.CCOC(=O)c1[nH]cc(-c2ccnc(OC)c2)c1C. The molecular weight excluding hydrogens is 268 g/mol. The summed E-state index contributed by atoms with van der Waals surface area (Å²) in [6.45, 7) is 8.02. The van der Waals surface area contributed by atoms with E-state index in [-0.39, 0.29) is 5.97 Å². The monoisotopic (exact) mass is 290 g/mol. The summed E-state index contributed by atoms with van der Waals surface area (Å²) >= 11 is 0. The van der Waals surface area contributed by atoms with Crippen molar-refractivity contribution in [3.8, 4) is 17.0 Å². The first-order valence-corrected chi connectivity index (χ1v) is 7.02. The Morgan fingerprint density at radius 1 is 1.38 bits per heavy atom. The van der Waals surface area contributed by atoms with Crippen LogP contribution in [-0.2, 0) is 4.74 Å². The molecule has 2 heterocycles. The molecule has 0 aliphatic heterocycles. The van der Waals surface area contributed by atoms with E-state index in [1.54, 1.807) is 26.4 Å². The maximum absolute atomic E-state index is 11.7. The van der Waals surface area contributed by atoms with Crippen molar-refractivity contribution in [1.29, 1.82) is 0 Å². The van der Waals surface area contributed by atoms with Gasteiger partial charge in [-0.1, -0.05) is 13.8 Å². The van der Waals surface area contributed by atoms with Gasteiger partial charge in [-0.15, -0.1) is 0 Å². The highest BCUT2D eigenvalue weighted by molar-refractivity contribution is 5.92. The minimum absolute atomic E-state index is 0.340. The van der Waals surface area contributed by atoms with Crippen molar-refractivity contribution in [3.63, 3.8) is 0 Å². The van der Waals surface area contributed by atoms with Crippen LogP contribution in [0.1, 0.15) is 36.8 Å². The zero-order valence-corrected chi connectivity index (χ0v) is 13.2. The molecule has 5 heteroatoms. The van der Waals surface area contributed by atoms with Crippen molar-refractivity contribution in [3.05, 3.63) is 35.8 Å². The summed E-state index contributed by atoms with van der Waals surface area (Å²) in [4.78, 5) is 18.8. The lowest BCUT2D eigenvalue weighted by molar-refractivity contribution is 0.0519. The van der Waals surface area contributed by atoms with E-state index in [9.17, 15) is 4.79 Å². The van der Waals surface area contributed by atoms with Gasteiger partial charge in [0.2, 0.25) is 5.88 Å². The largest absolute Gasteiger partial charge is 0.481 e. The number of carbonyl (C=O) groups is 1. The van der Waals surface area contributed by atoms with E-state index in [1.807, 2.05) is 32.9 Å². The van der Waals surface area contributed by atoms with Gasteiger partial charge in [0.1, 0.15) is 5.69 Å². The molecule has 114 valence electrons. The predicted octanol–water partition coefficient (Wildman–Crippen LogP) is 3.60. The lowest BCUT2D eigenvalue weighted by atomic mass is 10.1. The Morgan fingerprint density at radius 2 is 2.10 bits per heavy atom. The molecule has 0 fully saturated rings. The second-order valence-corrected chi connectivity index (χ2v) is 4.01. The number of ether oxygens (including phenoxy) is 2.